The van der Waals surface area contributed by atoms with Crippen LogP contribution in [0.4, 0.5) is 0 Å². The summed E-state index contributed by atoms with van der Waals surface area (Å²) in [6.07, 6.45) is 5.16. The van der Waals surface area contributed by atoms with Gasteiger partial charge < -0.3 is 5.73 Å². The minimum absolute atomic E-state index is 0.206. The lowest BCUT2D eigenvalue weighted by atomic mass is 10.0. The van der Waals surface area contributed by atoms with E-state index in [2.05, 4.69) is 42.2 Å². The summed E-state index contributed by atoms with van der Waals surface area (Å²) >= 11 is 0. The fourth-order valence-electron chi connectivity index (χ4n) is 3.23. The van der Waals surface area contributed by atoms with Crippen molar-refractivity contribution >= 4 is 0 Å². The van der Waals surface area contributed by atoms with Crippen LogP contribution in [0.2, 0.25) is 0 Å². The maximum Gasteiger partial charge on any atom is 0.0645 e. The maximum absolute atomic E-state index is 6.35. The molecule has 1 aliphatic rings. The van der Waals surface area contributed by atoms with Crippen LogP contribution < -0.4 is 5.73 Å². The fraction of sp³-hybridized carbons (Fsp3) is 0.471. The van der Waals surface area contributed by atoms with Gasteiger partial charge in [-0.2, -0.15) is 5.10 Å². The van der Waals surface area contributed by atoms with Gasteiger partial charge in [0.05, 0.1) is 17.9 Å². The standard InChI is InChI=1S/C17H24N4/c1-13(2)11-20-9-8-16(18)17(20)14-10-19-21(12-14)15-6-4-3-5-7-15/h3-7,10,12-13,16-17H,8-9,11,18H2,1-2H3. The lowest BCUT2D eigenvalue weighted by Gasteiger charge is -2.27. The molecule has 1 saturated heterocycles. The number of para-hydroxylation sites is 1. The molecule has 0 amide bonds. The molecule has 0 saturated carbocycles. The molecule has 1 aliphatic heterocycles. The first-order valence-corrected chi connectivity index (χ1v) is 7.75. The van der Waals surface area contributed by atoms with E-state index in [9.17, 15) is 0 Å². The van der Waals surface area contributed by atoms with E-state index in [1.54, 1.807) is 0 Å². The van der Waals surface area contributed by atoms with Crippen molar-refractivity contribution in [2.24, 2.45) is 11.7 Å². The molecule has 4 heteroatoms. The Kier molecular flexibility index (Phi) is 4.08. The van der Waals surface area contributed by atoms with Crippen LogP contribution in [0, 0.1) is 5.92 Å². The van der Waals surface area contributed by atoms with Gasteiger partial charge in [-0.3, -0.25) is 4.90 Å². The van der Waals surface area contributed by atoms with Gasteiger partial charge in [0.2, 0.25) is 0 Å². The van der Waals surface area contributed by atoms with E-state index < -0.39 is 0 Å². The minimum atomic E-state index is 0.206. The average molecular weight is 284 g/mol. The van der Waals surface area contributed by atoms with Crippen LogP contribution in [0.3, 0.4) is 0 Å². The largest absolute Gasteiger partial charge is 0.326 e. The molecule has 0 bridgehead atoms. The summed E-state index contributed by atoms with van der Waals surface area (Å²) in [5.74, 6) is 0.655. The second-order valence-electron chi connectivity index (χ2n) is 6.34. The van der Waals surface area contributed by atoms with Crippen molar-refractivity contribution in [3.63, 3.8) is 0 Å². The smallest absolute Gasteiger partial charge is 0.0645 e. The van der Waals surface area contributed by atoms with E-state index in [1.807, 2.05) is 29.1 Å². The highest BCUT2D eigenvalue weighted by atomic mass is 15.3. The molecule has 1 aromatic carbocycles. The molecular weight excluding hydrogens is 260 g/mol. The second-order valence-corrected chi connectivity index (χ2v) is 6.34. The van der Waals surface area contributed by atoms with E-state index in [0.717, 1.165) is 25.2 Å². The summed E-state index contributed by atoms with van der Waals surface area (Å²) in [5.41, 5.74) is 8.66. The monoisotopic (exact) mass is 284 g/mol. The number of rotatable bonds is 4. The van der Waals surface area contributed by atoms with E-state index in [0.29, 0.717) is 12.0 Å². The highest BCUT2D eigenvalue weighted by molar-refractivity contribution is 5.31. The molecule has 0 spiro atoms. The number of aromatic nitrogens is 2. The molecule has 0 aliphatic carbocycles. The zero-order chi connectivity index (χ0) is 14.8. The number of nitrogens with zero attached hydrogens (tertiary/aromatic N) is 3. The van der Waals surface area contributed by atoms with Gasteiger partial charge >= 0.3 is 0 Å². The number of nitrogens with two attached hydrogens (primary N) is 1. The summed E-state index contributed by atoms with van der Waals surface area (Å²) in [7, 11) is 0. The minimum Gasteiger partial charge on any atom is -0.326 e. The number of likely N-dealkylation sites (tertiary alicyclic amines) is 1. The molecule has 2 atom stereocenters. The summed E-state index contributed by atoms with van der Waals surface area (Å²) in [6.45, 7) is 6.69. The van der Waals surface area contributed by atoms with E-state index in [4.69, 9.17) is 5.73 Å². The van der Waals surface area contributed by atoms with Gasteiger partial charge in [-0.1, -0.05) is 32.0 Å². The molecule has 1 fully saturated rings. The first kappa shape index (κ1) is 14.3. The number of hydrogen-bond donors (Lipinski definition) is 1. The fourth-order valence-corrected chi connectivity index (χ4v) is 3.23. The van der Waals surface area contributed by atoms with Gasteiger partial charge in [-0.05, 0) is 24.5 Å². The SMILES string of the molecule is CC(C)CN1CCC(N)C1c1cnn(-c2ccccc2)c1. The van der Waals surface area contributed by atoms with Gasteiger partial charge in [0.1, 0.15) is 0 Å². The number of benzene rings is 1. The molecule has 2 N–H and O–H groups in total. The van der Waals surface area contributed by atoms with Gasteiger partial charge in [-0.15, -0.1) is 0 Å². The van der Waals surface area contributed by atoms with E-state index in [1.165, 1.54) is 5.56 Å². The first-order valence-electron chi connectivity index (χ1n) is 7.75. The van der Waals surface area contributed by atoms with E-state index in [-0.39, 0.29) is 6.04 Å². The predicted molar refractivity (Wildman–Crippen MR) is 85.3 cm³/mol. The zero-order valence-electron chi connectivity index (χ0n) is 12.8. The Morgan fingerprint density at radius 2 is 2.05 bits per heavy atom. The van der Waals surface area contributed by atoms with Crippen LogP contribution in [0.5, 0.6) is 0 Å². The third-order valence-corrected chi connectivity index (χ3v) is 4.11. The molecular formula is C17H24N4. The van der Waals surface area contributed by atoms with Crippen LogP contribution >= 0.6 is 0 Å². The van der Waals surface area contributed by atoms with Crippen molar-refractivity contribution in [3.8, 4) is 5.69 Å². The van der Waals surface area contributed by atoms with Crippen LogP contribution in [0.15, 0.2) is 42.7 Å². The van der Waals surface area contributed by atoms with Crippen LogP contribution in [0.1, 0.15) is 31.9 Å². The van der Waals surface area contributed by atoms with E-state index >= 15 is 0 Å². The van der Waals surface area contributed by atoms with Crippen molar-refractivity contribution in [2.75, 3.05) is 13.1 Å². The van der Waals surface area contributed by atoms with Crippen molar-refractivity contribution < 1.29 is 0 Å². The third kappa shape index (κ3) is 3.01. The van der Waals surface area contributed by atoms with Crippen molar-refractivity contribution in [1.82, 2.24) is 14.7 Å². The average Bonchev–Trinajstić information content (AvgIpc) is 3.06. The summed E-state index contributed by atoms with van der Waals surface area (Å²) in [4.78, 5) is 2.50. The van der Waals surface area contributed by atoms with Crippen molar-refractivity contribution in [3.05, 3.63) is 48.3 Å². The Balaban J connectivity index is 1.84. The molecule has 2 aromatic rings. The van der Waals surface area contributed by atoms with Gasteiger partial charge in [0.25, 0.3) is 0 Å². The quantitative estimate of drug-likeness (QED) is 0.939. The Bertz CT molecular complexity index is 575. The molecule has 1 aromatic heterocycles. The Labute approximate surface area is 126 Å². The predicted octanol–water partition coefficient (Wildman–Crippen LogP) is 2.60. The summed E-state index contributed by atoms with van der Waals surface area (Å²) in [5, 5.41) is 4.51. The topological polar surface area (TPSA) is 47.1 Å². The van der Waals surface area contributed by atoms with Gasteiger partial charge in [-0.25, -0.2) is 4.68 Å². The second kappa shape index (κ2) is 6.00. The van der Waals surface area contributed by atoms with Crippen molar-refractivity contribution in [1.29, 1.82) is 0 Å². The lowest BCUT2D eigenvalue weighted by molar-refractivity contribution is 0.221. The van der Waals surface area contributed by atoms with Gasteiger partial charge in [0.15, 0.2) is 0 Å². The summed E-state index contributed by atoms with van der Waals surface area (Å²) < 4.78 is 1.94. The van der Waals surface area contributed by atoms with Crippen LogP contribution in [-0.2, 0) is 0 Å². The Morgan fingerprint density at radius 1 is 1.29 bits per heavy atom. The van der Waals surface area contributed by atoms with Crippen molar-refractivity contribution in [2.45, 2.75) is 32.4 Å². The molecule has 112 valence electrons. The molecule has 2 heterocycles. The Hall–Kier alpha value is -1.65. The van der Waals surface area contributed by atoms with Crippen LogP contribution in [-0.4, -0.2) is 33.8 Å². The molecule has 4 nitrogen and oxygen atoms in total. The molecule has 3 rings (SSSR count). The first-order chi connectivity index (χ1) is 10.1. The van der Waals surface area contributed by atoms with Crippen LogP contribution in [0.25, 0.3) is 5.69 Å². The number of hydrogen-bond acceptors (Lipinski definition) is 3. The maximum atomic E-state index is 6.35. The highest BCUT2D eigenvalue weighted by Crippen LogP contribution is 2.31. The lowest BCUT2D eigenvalue weighted by Crippen LogP contribution is -2.33. The molecule has 21 heavy (non-hydrogen) atoms. The normalized spacial score (nSPS) is 23.0. The zero-order valence-corrected chi connectivity index (χ0v) is 12.8. The highest BCUT2D eigenvalue weighted by Gasteiger charge is 2.33. The van der Waals surface area contributed by atoms with Gasteiger partial charge in [0, 0.05) is 30.9 Å². The third-order valence-electron chi connectivity index (χ3n) is 4.11. The summed E-state index contributed by atoms with van der Waals surface area (Å²) in [6, 6.07) is 10.7. The molecule has 0 radical (unpaired) electrons. The molecule has 2 unspecified atom stereocenters. The Morgan fingerprint density at radius 3 is 2.76 bits per heavy atom.